The molecule has 4 rings (SSSR count). The van der Waals surface area contributed by atoms with E-state index in [2.05, 4.69) is 53.2 Å². The second kappa shape index (κ2) is 9.54. The highest BCUT2D eigenvalue weighted by atomic mass is 16.5. The van der Waals surface area contributed by atoms with Gasteiger partial charge in [-0.05, 0) is 37.6 Å². The van der Waals surface area contributed by atoms with Gasteiger partial charge in [0.05, 0.1) is 13.2 Å². The highest BCUT2D eigenvalue weighted by Gasteiger charge is 2.21. The van der Waals surface area contributed by atoms with Crippen LogP contribution in [0.4, 0.5) is 29.2 Å². The Labute approximate surface area is 177 Å². The predicted octanol–water partition coefficient (Wildman–Crippen LogP) is 4.39. The second-order valence-electron chi connectivity index (χ2n) is 7.32. The summed E-state index contributed by atoms with van der Waals surface area (Å²) in [4.78, 5) is 18.6. The quantitative estimate of drug-likeness (QED) is 0.626. The van der Waals surface area contributed by atoms with E-state index in [0.29, 0.717) is 31.1 Å². The van der Waals surface area contributed by atoms with Crippen molar-refractivity contribution in [2.75, 3.05) is 41.4 Å². The number of anilines is 5. The van der Waals surface area contributed by atoms with E-state index in [-0.39, 0.29) is 6.04 Å². The van der Waals surface area contributed by atoms with E-state index < -0.39 is 0 Å². The summed E-state index contributed by atoms with van der Waals surface area (Å²) >= 11 is 0. The molecule has 2 aromatic carbocycles. The summed E-state index contributed by atoms with van der Waals surface area (Å²) in [6.07, 6.45) is 0.981. The summed E-state index contributed by atoms with van der Waals surface area (Å²) < 4.78 is 5.51. The van der Waals surface area contributed by atoms with Crippen LogP contribution in [0.1, 0.15) is 20.3 Å². The predicted molar refractivity (Wildman–Crippen MR) is 121 cm³/mol. The minimum atomic E-state index is 0.264. The molecule has 0 bridgehead atoms. The first kappa shape index (κ1) is 20.1. The minimum Gasteiger partial charge on any atom is -0.378 e. The van der Waals surface area contributed by atoms with Crippen LogP contribution in [-0.2, 0) is 4.74 Å². The van der Waals surface area contributed by atoms with E-state index in [0.717, 1.165) is 30.9 Å². The Morgan fingerprint density at radius 1 is 0.933 bits per heavy atom. The van der Waals surface area contributed by atoms with Crippen molar-refractivity contribution in [2.24, 2.45) is 0 Å². The number of hydrogen-bond acceptors (Lipinski definition) is 7. The van der Waals surface area contributed by atoms with E-state index in [4.69, 9.17) is 19.7 Å². The van der Waals surface area contributed by atoms with Crippen LogP contribution in [-0.4, -0.2) is 47.3 Å². The van der Waals surface area contributed by atoms with Gasteiger partial charge < -0.3 is 15.0 Å². The third-order valence-corrected chi connectivity index (χ3v) is 5.12. The number of rotatable bonds is 7. The lowest BCUT2D eigenvalue weighted by molar-refractivity contribution is 0.122. The first-order chi connectivity index (χ1) is 14.7. The Morgan fingerprint density at radius 2 is 1.53 bits per heavy atom. The molecular formula is C23H28N6O. The molecule has 1 saturated heterocycles. The first-order valence-corrected chi connectivity index (χ1v) is 10.5. The molecule has 0 aliphatic carbocycles. The third-order valence-electron chi connectivity index (χ3n) is 5.12. The number of hydrogen-bond donors (Lipinski definition) is 1. The molecule has 30 heavy (non-hydrogen) atoms. The van der Waals surface area contributed by atoms with Crippen molar-refractivity contribution in [1.29, 1.82) is 0 Å². The van der Waals surface area contributed by atoms with Crippen molar-refractivity contribution < 1.29 is 4.74 Å². The lowest BCUT2D eigenvalue weighted by atomic mass is 10.2. The zero-order chi connectivity index (χ0) is 20.8. The van der Waals surface area contributed by atoms with Crippen molar-refractivity contribution in [3.63, 3.8) is 0 Å². The van der Waals surface area contributed by atoms with Gasteiger partial charge in [-0.25, -0.2) is 0 Å². The summed E-state index contributed by atoms with van der Waals surface area (Å²) in [5.74, 6) is 1.85. The molecule has 156 valence electrons. The van der Waals surface area contributed by atoms with E-state index in [1.165, 1.54) is 0 Å². The fourth-order valence-electron chi connectivity index (χ4n) is 3.28. The average molecular weight is 405 g/mol. The zero-order valence-corrected chi connectivity index (χ0v) is 17.5. The molecule has 1 aliphatic rings. The molecular weight excluding hydrogens is 376 g/mol. The summed E-state index contributed by atoms with van der Waals surface area (Å²) in [7, 11) is 0. The van der Waals surface area contributed by atoms with Gasteiger partial charge in [-0.3, -0.25) is 4.90 Å². The van der Waals surface area contributed by atoms with E-state index in [1.54, 1.807) is 0 Å². The van der Waals surface area contributed by atoms with Crippen LogP contribution in [0.2, 0.25) is 0 Å². The van der Waals surface area contributed by atoms with Gasteiger partial charge in [0.25, 0.3) is 0 Å². The summed E-state index contributed by atoms with van der Waals surface area (Å²) in [6.45, 7) is 7.16. The van der Waals surface area contributed by atoms with Gasteiger partial charge in [0, 0.05) is 30.5 Å². The van der Waals surface area contributed by atoms with Gasteiger partial charge in [0.15, 0.2) is 0 Å². The van der Waals surface area contributed by atoms with Crippen molar-refractivity contribution in [3.8, 4) is 0 Å². The molecule has 3 aromatic rings. The number of aromatic nitrogens is 3. The molecule has 0 saturated carbocycles. The number of morpholine rings is 1. The maximum Gasteiger partial charge on any atom is 0.241 e. The molecule has 1 N–H and O–H groups in total. The number of ether oxygens (including phenoxy) is 1. The summed E-state index contributed by atoms with van der Waals surface area (Å²) in [5.41, 5.74) is 2.00. The Kier molecular flexibility index (Phi) is 6.39. The summed E-state index contributed by atoms with van der Waals surface area (Å²) in [6, 6.07) is 20.6. The van der Waals surface area contributed by atoms with E-state index in [9.17, 15) is 0 Å². The highest BCUT2D eigenvalue weighted by molar-refractivity contribution is 5.73. The van der Waals surface area contributed by atoms with Crippen LogP contribution in [0, 0.1) is 0 Å². The SMILES string of the molecule is CC[C@@H](C)Nc1nc(N2CCOCC2)nc(N(c2ccccc2)c2ccccc2)n1. The number of benzene rings is 2. The third kappa shape index (κ3) is 4.68. The van der Waals surface area contributed by atoms with Crippen LogP contribution in [0.5, 0.6) is 0 Å². The topological polar surface area (TPSA) is 66.4 Å². The monoisotopic (exact) mass is 404 g/mol. The molecule has 1 aliphatic heterocycles. The van der Waals surface area contributed by atoms with Crippen molar-refractivity contribution in [2.45, 2.75) is 26.3 Å². The highest BCUT2D eigenvalue weighted by Crippen LogP contribution is 2.33. The molecule has 2 heterocycles. The zero-order valence-electron chi connectivity index (χ0n) is 17.5. The standard InChI is InChI=1S/C23H28N6O/c1-3-18(2)24-21-25-22(28-14-16-30-17-15-28)27-23(26-21)29(19-10-6-4-7-11-19)20-12-8-5-9-13-20/h4-13,18H,3,14-17H2,1-2H3,(H,24,25,26,27)/t18-/m1/s1. The van der Waals surface area contributed by atoms with E-state index >= 15 is 0 Å². The van der Waals surface area contributed by atoms with Gasteiger partial charge in [-0.2, -0.15) is 15.0 Å². The molecule has 0 spiro atoms. The normalized spacial score (nSPS) is 14.9. The molecule has 7 nitrogen and oxygen atoms in total. The van der Waals surface area contributed by atoms with Gasteiger partial charge in [-0.15, -0.1) is 0 Å². The number of nitrogens with zero attached hydrogens (tertiary/aromatic N) is 5. The Bertz CT molecular complexity index is 891. The average Bonchev–Trinajstić information content (AvgIpc) is 2.81. The fraction of sp³-hybridized carbons (Fsp3) is 0.348. The molecule has 7 heteroatoms. The lowest BCUT2D eigenvalue weighted by Gasteiger charge is -2.29. The molecule has 0 radical (unpaired) electrons. The van der Waals surface area contributed by atoms with Crippen LogP contribution < -0.4 is 15.1 Å². The van der Waals surface area contributed by atoms with Crippen LogP contribution in [0.25, 0.3) is 0 Å². The van der Waals surface area contributed by atoms with Gasteiger partial charge >= 0.3 is 0 Å². The maximum atomic E-state index is 5.51. The Morgan fingerprint density at radius 3 is 2.10 bits per heavy atom. The smallest absolute Gasteiger partial charge is 0.241 e. The Hall–Kier alpha value is -3.19. The minimum absolute atomic E-state index is 0.264. The van der Waals surface area contributed by atoms with Crippen molar-refractivity contribution in [3.05, 3.63) is 60.7 Å². The molecule has 1 aromatic heterocycles. The molecule has 0 amide bonds. The molecule has 1 fully saturated rings. The number of nitrogens with one attached hydrogen (secondary N) is 1. The largest absolute Gasteiger partial charge is 0.378 e. The van der Waals surface area contributed by atoms with Gasteiger partial charge in [0.1, 0.15) is 0 Å². The molecule has 0 unspecified atom stereocenters. The number of para-hydroxylation sites is 2. The van der Waals surface area contributed by atoms with Crippen LogP contribution in [0.15, 0.2) is 60.7 Å². The van der Waals surface area contributed by atoms with Gasteiger partial charge in [-0.1, -0.05) is 43.3 Å². The van der Waals surface area contributed by atoms with Crippen molar-refractivity contribution >= 4 is 29.2 Å². The first-order valence-electron chi connectivity index (χ1n) is 10.5. The van der Waals surface area contributed by atoms with Crippen molar-refractivity contribution in [1.82, 2.24) is 15.0 Å². The summed E-state index contributed by atoms with van der Waals surface area (Å²) in [5, 5.41) is 3.42. The second-order valence-corrected chi connectivity index (χ2v) is 7.32. The molecule has 1 atom stereocenters. The Balaban J connectivity index is 1.81. The van der Waals surface area contributed by atoms with Gasteiger partial charge in [0.2, 0.25) is 17.8 Å². The van der Waals surface area contributed by atoms with E-state index in [1.807, 2.05) is 36.4 Å². The lowest BCUT2D eigenvalue weighted by Crippen LogP contribution is -2.38. The van der Waals surface area contributed by atoms with Crippen LogP contribution >= 0.6 is 0 Å². The fourth-order valence-corrected chi connectivity index (χ4v) is 3.28. The maximum absolute atomic E-state index is 5.51. The van der Waals surface area contributed by atoms with Crippen LogP contribution in [0.3, 0.4) is 0 Å².